The van der Waals surface area contributed by atoms with Gasteiger partial charge in [0.2, 0.25) is 29.1 Å². The van der Waals surface area contributed by atoms with Gasteiger partial charge < -0.3 is 51.3 Å². The first-order valence-corrected chi connectivity index (χ1v) is 5.83. The van der Waals surface area contributed by atoms with E-state index in [1.807, 2.05) is 12.2 Å². The molecule has 0 saturated heterocycles. The Morgan fingerprint density at radius 3 is 1.37 bits per heavy atom. The molecule has 1 aliphatic carbocycles. The van der Waals surface area contributed by atoms with Crippen molar-refractivity contribution in [2.24, 2.45) is 0 Å². The molecule has 0 bridgehead atoms. The summed E-state index contributed by atoms with van der Waals surface area (Å²) in [5.74, 6) is -13.1. The predicted octanol–water partition coefficient (Wildman–Crippen LogP) is 5.94. The zero-order valence-electron chi connectivity index (χ0n) is 17.1. The second kappa shape index (κ2) is 30.9. The molecule has 0 atom stereocenters. The van der Waals surface area contributed by atoms with Crippen molar-refractivity contribution in [2.45, 2.75) is 13.3 Å². The van der Waals surface area contributed by atoms with Crippen LogP contribution in [-0.2, 0) is 21.7 Å². The summed E-state index contributed by atoms with van der Waals surface area (Å²) < 4.78 is 66.3. The summed E-state index contributed by atoms with van der Waals surface area (Å²) in [6.07, 6.45) is 10.0. The molecule has 1 aromatic carbocycles. The fraction of sp³-hybridized carbons (Fsp3) is 0.118. The van der Waals surface area contributed by atoms with Gasteiger partial charge in [-0.2, -0.15) is 21.8 Å². The molecule has 1 aromatic rings. The molecule has 13 heteroatoms. The summed E-state index contributed by atoms with van der Waals surface area (Å²) in [6.45, 7) is 5.00. The Morgan fingerprint density at radius 2 is 1.17 bits per heavy atom. The molecule has 0 aliphatic heterocycles. The van der Waals surface area contributed by atoms with Crippen LogP contribution >= 0.6 is 37.2 Å². The third kappa shape index (κ3) is 18.5. The maximum Gasteiger partial charge on any atom is 0.707 e. The van der Waals surface area contributed by atoms with Crippen LogP contribution in [0.15, 0.2) is 18.2 Å². The Labute approximate surface area is 211 Å². The van der Waals surface area contributed by atoms with Gasteiger partial charge in [0, 0.05) is 21.7 Å². The van der Waals surface area contributed by atoms with Crippen molar-refractivity contribution in [3.8, 4) is 5.75 Å². The molecule has 0 unspecified atom stereocenters. The zero-order valence-corrected chi connectivity index (χ0v) is 21.2. The van der Waals surface area contributed by atoms with Crippen molar-refractivity contribution in [2.75, 3.05) is 0 Å². The monoisotopic (exact) mass is 538 g/mol. The Kier molecular flexibility index (Phi) is 58.8. The molecule has 2 N–H and O–H groups in total. The molecular weight excluding hydrogens is 512 g/mol. The maximum atomic E-state index is 12.7. The average molecular weight is 539 g/mol. The van der Waals surface area contributed by atoms with Crippen molar-refractivity contribution in [3.05, 3.63) is 90.0 Å². The number of hydrogen-bond donors (Lipinski definition) is 2. The van der Waals surface area contributed by atoms with Crippen LogP contribution in [0.5, 0.6) is 5.75 Å². The summed E-state index contributed by atoms with van der Waals surface area (Å²) in [5, 5.41) is 16.3. The van der Waals surface area contributed by atoms with Gasteiger partial charge in [-0.1, -0.05) is 0 Å². The molecule has 2 rings (SSSR count). The van der Waals surface area contributed by atoms with E-state index in [9.17, 15) is 22.0 Å². The second-order valence-corrected chi connectivity index (χ2v) is 3.35. The number of allylic oxidation sites excluding steroid dienone is 4. The van der Waals surface area contributed by atoms with Gasteiger partial charge in [0.05, 0.1) is 0 Å². The van der Waals surface area contributed by atoms with Gasteiger partial charge in [0.1, 0.15) is 0 Å². The number of halogens is 8. The molecular formula is C17H27BCl3F5O3Ti-6. The Bertz CT molecular complexity index is 531. The normalized spacial score (nSPS) is 8.30. The van der Waals surface area contributed by atoms with Crippen LogP contribution in [0.1, 0.15) is 13.3 Å². The summed E-state index contributed by atoms with van der Waals surface area (Å²) in [4.78, 5) is 0. The van der Waals surface area contributed by atoms with E-state index in [0.717, 1.165) is 6.42 Å². The minimum atomic E-state index is -2.70. The second-order valence-electron chi connectivity index (χ2n) is 3.35. The average Bonchev–Trinajstić information content (AvgIpc) is 3.09. The molecule has 0 saturated carbocycles. The molecule has 0 radical (unpaired) electrons. The van der Waals surface area contributed by atoms with E-state index in [1.54, 1.807) is 6.92 Å². The van der Waals surface area contributed by atoms with Crippen LogP contribution < -0.4 is 4.65 Å². The Morgan fingerprint density at radius 1 is 0.833 bits per heavy atom. The fourth-order valence-corrected chi connectivity index (χ4v) is 1.13. The topological polar surface area (TPSA) is 49.7 Å². The SMILES string of the molecule is Cl.Cl.Cl.OB(O)Oc1c(F)c(F)c(F)c(F)c1F.[C-]1=CC=CC1.[CH2-]C.[CH3-].[CH3-].[CH3-].[CH3-].[Ti]. The summed E-state index contributed by atoms with van der Waals surface area (Å²) in [5.41, 5.74) is 0. The third-order valence-electron chi connectivity index (χ3n) is 1.98. The van der Waals surface area contributed by atoms with Gasteiger partial charge in [-0.15, -0.1) is 43.6 Å². The van der Waals surface area contributed by atoms with E-state index in [2.05, 4.69) is 23.7 Å². The molecule has 0 amide bonds. The first-order chi connectivity index (χ1) is 10.4. The van der Waals surface area contributed by atoms with Gasteiger partial charge in [0.15, 0.2) is 5.75 Å². The van der Waals surface area contributed by atoms with E-state index < -0.39 is 42.2 Å². The zero-order chi connectivity index (χ0) is 17.3. The molecule has 0 aromatic heterocycles. The van der Waals surface area contributed by atoms with Crippen molar-refractivity contribution in [3.63, 3.8) is 0 Å². The first kappa shape index (κ1) is 57.1. The van der Waals surface area contributed by atoms with Gasteiger partial charge in [0.25, 0.3) is 0 Å². The summed E-state index contributed by atoms with van der Waals surface area (Å²) in [6, 6.07) is 0. The molecule has 1 aliphatic rings. The number of rotatable bonds is 2. The quantitative estimate of drug-likeness (QED) is 0.161. The van der Waals surface area contributed by atoms with Gasteiger partial charge in [-0.25, -0.2) is 25.3 Å². The largest absolute Gasteiger partial charge is 0.707 e. The van der Waals surface area contributed by atoms with E-state index in [1.165, 1.54) is 0 Å². The summed E-state index contributed by atoms with van der Waals surface area (Å²) >= 11 is 0. The van der Waals surface area contributed by atoms with Crippen molar-refractivity contribution in [1.29, 1.82) is 0 Å². The van der Waals surface area contributed by atoms with Gasteiger partial charge in [-0.3, -0.25) is 6.08 Å². The Balaban J connectivity index is -0.0000000371. The van der Waals surface area contributed by atoms with Crippen molar-refractivity contribution >= 4 is 44.5 Å². The Hall–Kier alpha value is -0.281. The predicted molar refractivity (Wildman–Crippen MR) is 117 cm³/mol. The van der Waals surface area contributed by atoms with E-state index in [0.29, 0.717) is 0 Å². The molecule has 0 heterocycles. The van der Waals surface area contributed by atoms with Crippen molar-refractivity contribution < 1.29 is 58.4 Å². The smallest absolute Gasteiger partial charge is 0.507 e. The minimum Gasteiger partial charge on any atom is -0.507 e. The molecule has 30 heavy (non-hydrogen) atoms. The molecule has 0 spiro atoms. The van der Waals surface area contributed by atoms with Crippen LogP contribution in [0.4, 0.5) is 22.0 Å². The first-order valence-electron chi connectivity index (χ1n) is 5.83. The fourth-order valence-electron chi connectivity index (χ4n) is 1.13. The van der Waals surface area contributed by atoms with Crippen LogP contribution in [0.3, 0.4) is 0 Å². The van der Waals surface area contributed by atoms with Crippen LogP contribution in [0, 0.1) is 71.8 Å². The van der Waals surface area contributed by atoms with Gasteiger partial charge in [-0.05, 0) is 0 Å². The maximum absolute atomic E-state index is 12.7. The van der Waals surface area contributed by atoms with E-state index in [4.69, 9.17) is 10.0 Å². The molecule has 3 nitrogen and oxygen atoms in total. The molecule has 182 valence electrons. The van der Waals surface area contributed by atoms with Crippen LogP contribution in [0.25, 0.3) is 0 Å². The standard InChI is InChI=1S/C6H2BF5O3.C5H5.C2H5.4CH3.3ClH.Ti/c8-1-2(9)4(11)6(15-7(13)14)5(12)3(1)10;1-2-4-5-3-1;1-2;;;;;;;;/h13-14H;1-3H,4H2;1H2,2H3;4*1H3;3*1H;/q;6*-1;;;;. The van der Waals surface area contributed by atoms with Crippen molar-refractivity contribution in [1.82, 2.24) is 0 Å². The van der Waals surface area contributed by atoms with E-state index >= 15 is 0 Å². The summed E-state index contributed by atoms with van der Waals surface area (Å²) in [7, 11) is -2.70. The third-order valence-corrected chi connectivity index (χ3v) is 1.98. The minimum absolute atomic E-state index is 0. The molecule has 0 fully saturated rings. The van der Waals surface area contributed by atoms with E-state index in [-0.39, 0.29) is 88.6 Å². The van der Waals surface area contributed by atoms with Crippen LogP contribution in [0.2, 0.25) is 0 Å². The number of benzene rings is 1. The van der Waals surface area contributed by atoms with Crippen LogP contribution in [-0.4, -0.2) is 17.4 Å². The van der Waals surface area contributed by atoms with Gasteiger partial charge >= 0.3 is 7.32 Å². The number of hydrogen-bond acceptors (Lipinski definition) is 3.